The zero-order valence-corrected chi connectivity index (χ0v) is 10.6. The first-order chi connectivity index (χ1) is 7.95. The van der Waals surface area contributed by atoms with Crippen LogP contribution in [0.3, 0.4) is 0 Å². The first kappa shape index (κ1) is 15.8. The Labute approximate surface area is 105 Å². The standard InChI is InChI=1S/C9H18N4O3S/c1-16-5-4-13(3-2-7(10)17)6-8(14)12-9(11)15/h2-6H2,1H3,(H2,10,17)(H3,11,12,14,15). The van der Waals surface area contributed by atoms with E-state index < -0.39 is 11.9 Å². The van der Waals surface area contributed by atoms with Crippen LogP contribution in [0.5, 0.6) is 0 Å². The van der Waals surface area contributed by atoms with Gasteiger partial charge in [-0.2, -0.15) is 0 Å². The molecule has 3 amide bonds. The van der Waals surface area contributed by atoms with Crippen molar-refractivity contribution >= 4 is 29.1 Å². The van der Waals surface area contributed by atoms with E-state index in [0.717, 1.165) is 0 Å². The molecule has 0 unspecified atom stereocenters. The molecule has 7 nitrogen and oxygen atoms in total. The molecule has 0 fully saturated rings. The number of carbonyl (C=O) groups excluding carboxylic acids is 2. The van der Waals surface area contributed by atoms with Crippen LogP contribution < -0.4 is 16.8 Å². The number of primary amides is 1. The summed E-state index contributed by atoms with van der Waals surface area (Å²) >= 11 is 4.76. The van der Waals surface area contributed by atoms with Crippen LogP contribution in [0.4, 0.5) is 4.79 Å². The fraction of sp³-hybridized carbons (Fsp3) is 0.667. The lowest BCUT2D eigenvalue weighted by Gasteiger charge is -2.20. The number of ether oxygens (including phenoxy) is 1. The second-order valence-electron chi connectivity index (χ2n) is 3.40. The first-order valence-electron chi connectivity index (χ1n) is 5.04. The van der Waals surface area contributed by atoms with E-state index in [1.54, 1.807) is 12.0 Å². The number of urea groups is 1. The molecule has 17 heavy (non-hydrogen) atoms. The zero-order valence-electron chi connectivity index (χ0n) is 9.77. The molecule has 5 N–H and O–H groups in total. The Hall–Kier alpha value is -1.25. The van der Waals surface area contributed by atoms with Crippen molar-refractivity contribution in [1.29, 1.82) is 0 Å². The fourth-order valence-electron chi connectivity index (χ4n) is 1.14. The van der Waals surface area contributed by atoms with Gasteiger partial charge in [0, 0.05) is 26.6 Å². The maximum absolute atomic E-state index is 11.3. The smallest absolute Gasteiger partial charge is 0.318 e. The minimum atomic E-state index is -0.865. The molecule has 0 saturated carbocycles. The van der Waals surface area contributed by atoms with Crippen LogP contribution in [0, 0.1) is 0 Å². The van der Waals surface area contributed by atoms with Gasteiger partial charge < -0.3 is 16.2 Å². The normalized spacial score (nSPS) is 10.2. The van der Waals surface area contributed by atoms with Gasteiger partial charge in [-0.1, -0.05) is 12.2 Å². The molecule has 0 bridgehead atoms. The molecule has 0 radical (unpaired) electrons. The number of carbonyl (C=O) groups is 2. The Morgan fingerprint density at radius 3 is 2.47 bits per heavy atom. The van der Waals surface area contributed by atoms with E-state index in [9.17, 15) is 9.59 Å². The van der Waals surface area contributed by atoms with Gasteiger partial charge in [0.1, 0.15) is 0 Å². The molecule has 0 rings (SSSR count). The predicted octanol–water partition coefficient (Wildman–Crippen LogP) is -1.19. The third-order valence-corrected chi connectivity index (χ3v) is 2.12. The molecule has 98 valence electrons. The SMILES string of the molecule is COCCN(CCC(N)=S)CC(=O)NC(N)=O. The Kier molecular flexibility index (Phi) is 8.20. The van der Waals surface area contributed by atoms with E-state index in [1.807, 2.05) is 5.32 Å². The molecule has 8 heteroatoms. The molecule has 0 atom stereocenters. The van der Waals surface area contributed by atoms with Crippen molar-refractivity contribution in [3.63, 3.8) is 0 Å². The maximum Gasteiger partial charge on any atom is 0.318 e. The number of hydrogen-bond acceptors (Lipinski definition) is 5. The summed E-state index contributed by atoms with van der Waals surface area (Å²) in [5, 5.41) is 1.99. The number of nitrogens with one attached hydrogen (secondary N) is 1. The summed E-state index contributed by atoms with van der Waals surface area (Å²) in [5.74, 6) is -0.462. The number of nitrogens with zero attached hydrogens (tertiary/aromatic N) is 1. The van der Waals surface area contributed by atoms with E-state index >= 15 is 0 Å². The Morgan fingerprint density at radius 1 is 1.35 bits per heavy atom. The molecule has 0 aromatic rings. The number of methoxy groups -OCH3 is 1. The van der Waals surface area contributed by atoms with Crippen molar-refractivity contribution in [2.75, 3.05) is 33.4 Å². The van der Waals surface area contributed by atoms with Crippen LogP contribution in [0.2, 0.25) is 0 Å². The highest BCUT2D eigenvalue weighted by molar-refractivity contribution is 7.80. The first-order valence-corrected chi connectivity index (χ1v) is 5.45. The molecule has 0 aliphatic heterocycles. The fourth-order valence-corrected chi connectivity index (χ4v) is 1.23. The van der Waals surface area contributed by atoms with Gasteiger partial charge in [-0.15, -0.1) is 0 Å². The van der Waals surface area contributed by atoms with E-state index in [-0.39, 0.29) is 6.54 Å². The monoisotopic (exact) mass is 262 g/mol. The van der Waals surface area contributed by atoms with Gasteiger partial charge in [0.25, 0.3) is 0 Å². The molecular formula is C9H18N4O3S. The molecule has 0 aromatic heterocycles. The van der Waals surface area contributed by atoms with E-state index in [1.165, 1.54) is 0 Å². The van der Waals surface area contributed by atoms with Crippen molar-refractivity contribution in [1.82, 2.24) is 10.2 Å². The van der Waals surface area contributed by atoms with E-state index in [2.05, 4.69) is 0 Å². The van der Waals surface area contributed by atoms with Crippen molar-refractivity contribution in [2.24, 2.45) is 11.5 Å². The zero-order chi connectivity index (χ0) is 13.3. The van der Waals surface area contributed by atoms with Crippen LogP contribution in [0.1, 0.15) is 6.42 Å². The van der Waals surface area contributed by atoms with Crippen LogP contribution >= 0.6 is 12.2 Å². The van der Waals surface area contributed by atoms with Gasteiger partial charge in [-0.05, 0) is 0 Å². The number of imide groups is 1. The number of nitrogens with two attached hydrogens (primary N) is 2. The number of rotatable bonds is 8. The van der Waals surface area contributed by atoms with Crippen molar-refractivity contribution in [2.45, 2.75) is 6.42 Å². The predicted molar refractivity (Wildman–Crippen MR) is 67.4 cm³/mol. The number of thiocarbonyl (C=S) groups is 1. The summed E-state index contributed by atoms with van der Waals surface area (Å²) in [4.78, 5) is 23.9. The Balaban J connectivity index is 4.11. The summed E-state index contributed by atoms with van der Waals surface area (Å²) in [6.45, 7) is 1.60. The lowest BCUT2D eigenvalue weighted by molar-refractivity contribution is -0.121. The highest BCUT2D eigenvalue weighted by atomic mass is 32.1. The van der Waals surface area contributed by atoms with Crippen LogP contribution in [-0.2, 0) is 9.53 Å². The summed E-state index contributed by atoms with van der Waals surface area (Å²) in [6.07, 6.45) is 0.503. The van der Waals surface area contributed by atoms with Gasteiger partial charge in [0.05, 0.1) is 18.1 Å². The lowest BCUT2D eigenvalue weighted by Crippen LogP contribution is -2.43. The maximum atomic E-state index is 11.3. The average Bonchev–Trinajstić information content (AvgIpc) is 2.20. The van der Waals surface area contributed by atoms with Gasteiger partial charge >= 0.3 is 6.03 Å². The minimum absolute atomic E-state index is 0.0505. The number of amides is 3. The molecular weight excluding hydrogens is 244 g/mol. The average molecular weight is 262 g/mol. The van der Waals surface area contributed by atoms with Crippen molar-refractivity contribution < 1.29 is 14.3 Å². The molecule has 0 heterocycles. The van der Waals surface area contributed by atoms with Crippen LogP contribution in [0.25, 0.3) is 0 Å². The quantitative estimate of drug-likeness (QED) is 0.474. The van der Waals surface area contributed by atoms with Gasteiger partial charge in [-0.3, -0.25) is 15.0 Å². The van der Waals surface area contributed by atoms with Crippen LogP contribution in [-0.4, -0.2) is 55.2 Å². The van der Waals surface area contributed by atoms with Gasteiger partial charge in [0.2, 0.25) is 5.91 Å². The number of hydrogen-bond donors (Lipinski definition) is 3. The molecule has 0 aromatic carbocycles. The molecule has 0 aliphatic carbocycles. The molecule has 0 saturated heterocycles. The second kappa shape index (κ2) is 8.85. The summed E-state index contributed by atoms with van der Waals surface area (Å²) < 4.78 is 4.91. The lowest BCUT2D eigenvalue weighted by atomic mass is 10.3. The minimum Gasteiger partial charge on any atom is -0.393 e. The Bertz CT molecular complexity index is 285. The Morgan fingerprint density at radius 2 is 2.00 bits per heavy atom. The third-order valence-electron chi connectivity index (χ3n) is 1.92. The third kappa shape index (κ3) is 9.67. The summed E-state index contributed by atoms with van der Waals surface area (Å²) in [7, 11) is 1.56. The largest absolute Gasteiger partial charge is 0.393 e. The highest BCUT2D eigenvalue weighted by Crippen LogP contribution is 1.92. The summed E-state index contributed by atoms with van der Waals surface area (Å²) in [6, 6.07) is -0.865. The van der Waals surface area contributed by atoms with E-state index in [0.29, 0.717) is 31.1 Å². The highest BCUT2D eigenvalue weighted by Gasteiger charge is 2.11. The van der Waals surface area contributed by atoms with Gasteiger partial charge in [0.15, 0.2) is 0 Å². The van der Waals surface area contributed by atoms with E-state index in [4.69, 9.17) is 28.4 Å². The molecule has 0 spiro atoms. The van der Waals surface area contributed by atoms with Crippen LogP contribution in [0.15, 0.2) is 0 Å². The summed E-state index contributed by atoms with van der Waals surface area (Å²) in [5.41, 5.74) is 10.2. The second-order valence-corrected chi connectivity index (χ2v) is 3.92. The molecule has 0 aliphatic rings. The van der Waals surface area contributed by atoms with Gasteiger partial charge in [-0.25, -0.2) is 4.79 Å². The van der Waals surface area contributed by atoms with Crippen molar-refractivity contribution in [3.05, 3.63) is 0 Å². The topological polar surface area (TPSA) is 111 Å². The van der Waals surface area contributed by atoms with Crippen molar-refractivity contribution in [3.8, 4) is 0 Å².